The molecule has 4 nitrogen and oxygen atoms in total. The number of anilines is 1. The van der Waals surface area contributed by atoms with Gasteiger partial charge in [0.1, 0.15) is 5.82 Å². The van der Waals surface area contributed by atoms with Crippen molar-refractivity contribution in [2.75, 3.05) is 38.1 Å². The van der Waals surface area contributed by atoms with Gasteiger partial charge in [0, 0.05) is 38.9 Å². The van der Waals surface area contributed by atoms with Crippen LogP contribution in [0.2, 0.25) is 5.02 Å². The highest BCUT2D eigenvalue weighted by molar-refractivity contribution is 6.31. The summed E-state index contributed by atoms with van der Waals surface area (Å²) >= 11 is 5.99. The van der Waals surface area contributed by atoms with E-state index in [4.69, 9.17) is 17.3 Å². The first-order valence-corrected chi connectivity index (χ1v) is 5.86. The molecule has 0 atom stereocenters. The normalized spacial score (nSPS) is 17.8. The Hall–Kier alpha value is -0.840. The Morgan fingerprint density at radius 3 is 2.69 bits per heavy atom. The summed E-state index contributed by atoms with van der Waals surface area (Å²) in [4.78, 5) is 8.94. The van der Waals surface area contributed by atoms with E-state index in [1.807, 2.05) is 6.07 Å². The van der Waals surface area contributed by atoms with Crippen LogP contribution in [0.3, 0.4) is 0 Å². The van der Waals surface area contributed by atoms with E-state index in [2.05, 4.69) is 21.8 Å². The van der Waals surface area contributed by atoms with Crippen molar-refractivity contribution in [3.8, 4) is 0 Å². The fourth-order valence-corrected chi connectivity index (χ4v) is 2.01. The number of piperazine rings is 1. The molecule has 0 saturated carbocycles. The van der Waals surface area contributed by atoms with Gasteiger partial charge in [-0.1, -0.05) is 11.6 Å². The maximum atomic E-state index is 5.99. The monoisotopic (exact) mass is 240 g/mol. The lowest BCUT2D eigenvalue weighted by Crippen LogP contribution is -2.44. The van der Waals surface area contributed by atoms with Gasteiger partial charge < -0.3 is 15.5 Å². The number of pyridine rings is 1. The number of halogens is 1. The quantitative estimate of drug-likeness (QED) is 0.836. The second-order valence-electron chi connectivity index (χ2n) is 4.13. The van der Waals surface area contributed by atoms with Gasteiger partial charge in [-0.3, -0.25) is 0 Å². The molecule has 5 heteroatoms. The highest BCUT2D eigenvalue weighted by atomic mass is 35.5. The summed E-state index contributed by atoms with van der Waals surface area (Å²) < 4.78 is 0. The molecule has 2 heterocycles. The van der Waals surface area contributed by atoms with Crippen LogP contribution in [0.25, 0.3) is 0 Å². The van der Waals surface area contributed by atoms with Crippen LogP contribution in [0.1, 0.15) is 5.56 Å². The van der Waals surface area contributed by atoms with Gasteiger partial charge in [-0.05, 0) is 18.7 Å². The minimum atomic E-state index is 0.460. The lowest BCUT2D eigenvalue weighted by Gasteiger charge is -2.33. The molecule has 1 aliphatic heterocycles. The van der Waals surface area contributed by atoms with Crippen molar-refractivity contribution in [3.63, 3.8) is 0 Å². The molecular formula is C11H17ClN4. The summed E-state index contributed by atoms with van der Waals surface area (Å²) in [5, 5.41) is 0.653. The Morgan fingerprint density at radius 2 is 2.06 bits per heavy atom. The van der Waals surface area contributed by atoms with Crippen molar-refractivity contribution in [1.29, 1.82) is 0 Å². The Kier molecular flexibility index (Phi) is 3.63. The Labute approximate surface area is 101 Å². The first-order chi connectivity index (χ1) is 7.70. The third-order valence-electron chi connectivity index (χ3n) is 2.97. The van der Waals surface area contributed by atoms with Crippen LogP contribution in [-0.4, -0.2) is 43.1 Å². The van der Waals surface area contributed by atoms with Crippen molar-refractivity contribution in [3.05, 3.63) is 22.8 Å². The number of rotatable bonds is 2. The van der Waals surface area contributed by atoms with Gasteiger partial charge in [-0.25, -0.2) is 4.98 Å². The maximum Gasteiger partial charge on any atom is 0.128 e. The van der Waals surface area contributed by atoms with Gasteiger partial charge in [0.05, 0.1) is 5.02 Å². The summed E-state index contributed by atoms with van der Waals surface area (Å²) in [7, 11) is 2.14. The van der Waals surface area contributed by atoms with Crippen LogP contribution in [-0.2, 0) is 6.54 Å². The largest absolute Gasteiger partial charge is 0.354 e. The average molecular weight is 241 g/mol. The van der Waals surface area contributed by atoms with E-state index in [9.17, 15) is 0 Å². The van der Waals surface area contributed by atoms with Gasteiger partial charge in [0.2, 0.25) is 0 Å². The topological polar surface area (TPSA) is 45.4 Å². The molecule has 1 saturated heterocycles. The van der Waals surface area contributed by atoms with Gasteiger partial charge in [0.15, 0.2) is 0 Å². The van der Waals surface area contributed by atoms with Crippen molar-refractivity contribution < 1.29 is 0 Å². The Balaban J connectivity index is 2.14. The second kappa shape index (κ2) is 4.99. The van der Waals surface area contributed by atoms with E-state index in [-0.39, 0.29) is 0 Å². The van der Waals surface area contributed by atoms with Gasteiger partial charge >= 0.3 is 0 Å². The highest BCUT2D eigenvalue weighted by Crippen LogP contribution is 2.20. The summed E-state index contributed by atoms with van der Waals surface area (Å²) in [6.45, 7) is 4.62. The molecule has 16 heavy (non-hydrogen) atoms. The van der Waals surface area contributed by atoms with Crippen LogP contribution in [0, 0.1) is 0 Å². The van der Waals surface area contributed by atoms with Crippen molar-refractivity contribution in [1.82, 2.24) is 9.88 Å². The van der Waals surface area contributed by atoms with E-state index in [0.29, 0.717) is 11.6 Å². The standard InChI is InChI=1S/C11H17ClN4/c1-15-2-4-16(5-3-15)11-6-9(7-13)10(12)8-14-11/h6,8H,2-5,7,13H2,1H3. The third kappa shape index (κ3) is 2.45. The molecule has 1 aromatic heterocycles. The van der Waals surface area contributed by atoms with Gasteiger partial charge in [0.25, 0.3) is 0 Å². The van der Waals surface area contributed by atoms with Gasteiger partial charge in [-0.2, -0.15) is 0 Å². The molecule has 1 fully saturated rings. The number of aromatic nitrogens is 1. The number of likely N-dealkylation sites (N-methyl/N-ethyl adjacent to an activating group) is 1. The molecule has 1 aromatic rings. The molecule has 0 aromatic carbocycles. The number of nitrogens with zero attached hydrogens (tertiary/aromatic N) is 3. The number of hydrogen-bond donors (Lipinski definition) is 1. The molecule has 88 valence electrons. The lowest BCUT2D eigenvalue weighted by atomic mass is 10.2. The molecule has 0 spiro atoms. The summed E-state index contributed by atoms with van der Waals surface area (Å²) in [5.74, 6) is 0.984. The first kappa shape index (κ1) is 11.6. The lowest BCUT2D eigenvalue weighted by molar-refractivity contribution is 0.312. The van der Waals surface area contributed by atoms with Crippen molar-refractivity contribution in [2.24, 2.45) is 5.73 Å². The summed E-state index contributed by atoms with van der Waals surface area (Å²) in [5.41, 5.74) is 6.60. The molecule has 0 amide bonds. The molecule has 0 bridgehead atoms. The van der Waals surface area contributed by atoms with Crippen molar-refractivity contribution in [2.45, 2.75) is 6.54 Å². The minimum Gasteiger partial charge on any atom is -0.354 e. The SMILES string of the molecule is CN1CCN(c2cc(CN)c(Cl)cn2)CC1. The molecule has 0 aliphatic carbocycles. The zero-order valence-electron chi connectivity index (χ0n) is 9.49. The fraction of sp³-hybridized carbons (Fsp3) is 0.545. The van der Waals surface area contributed by atoms with E-state index in [1.165, 1.54) is 0 Å². The number of nitrogens with two attached hydrogens (primary N) is 1. The maximum absolute atomic E-state index is 5.99. The van der Waals surface area contributed by atoms with E-state index in [1.54, 1.807) is 6.20 Å². The molecule has 2 rings (SSSR count). The molecule has 0 unspecified atom stereocenters. The van der Waals surface area contributed by atoms with Crippen molar-refractivity contribution >= 4 is 17.4 Å². The zero-order valence-corrected chi connectivity index (χ0v) is 10.2. The van der Waals surface area contributed by atoms with E-state index >= 15 is 0 Å². The van der Waals surface area contributed by atoms with Gasteiger partial charge in [-0.15, -0.1) is 0 Å². The van der Waals surface area contributed by atoms with E-state index < -0.39 is 0 Å². The summed E-state index contributed by atoms with van der Waals surface area (Å²) in [6, 6.07) is 1.99. The Morgan fingerprint density at radius 1 is 1.38 bits per heavy atom. The Bertz CT molecular complexity index is 361. The highest BCUT2D eigenvalue weighted by Gasteiger charge is 2.15. The van der Waals surface area contributed by atoms with Crippen LogP contribution < -0.4 is 10.6 Å². The van der Waals surface area contributed by atoms with Crippen LogP contribution in [0.15, 0.2) is 12.3 Å². The molecule has 0 radical (unpaired) electrons. The van der Waals surface area contributed by atoms with Crippen LogP contribution in [0.4, 0.5) is 5.82 Å². The first-order valence-electron chi connectivity index (χ1n) is 5.48. The third-order valence-corrected chi connectivity index (χ3v) is 3.31. The van der Waals surface area contributed by atoms with E-state index in [0.717, 1.165) is 37.6 Å². The fourth-order valence-electron chi connectivity index (χ4n) is 1.83. The van der Waals surface area contributed by atoms with Crippen LogP contribution in [0.5, 0.6) is 0 Å². The molecule has 1 aliphatic rings. The predicted molar refractivity (Wildman–Crippen MR) is 66.8 cm³/mol. The number of hydrogen-bond acceptors (Lipinski definition) is 4. The molecular weight excluding hydrogens is 224 g/mol. The minimum absolute atomic E-state index is 0.460. The summed E-state index contributed by atoms with van der Waals surface area (Å²) in [6.07, 6.45) is 1.69. The molecule has 2 N–H and O–H groups in total. The average Bonchev–Trinajstić information content (AvgIpc) is 2.31. The second-order valence-corrected chi connectivity index (χ2v) is 4.54. The smallest absolute Gasteiger partial charge is 0.128 e. The predicted octanol–water partition coefficient (Wildman–Crippen LogP) is 0.946. The zero-order chi connectivity index (χ0) is 11.5. The van der Waals surface area contributed by atoms with Crippen LogP contribution >= 0.6 is 11.6 Å².